The zero-order chi connectivity index (χ0) is 18.4. The van der Waals surface area contributed by atoms with E-state index in [1.54, 1.807) is 24.3 Å². The number of sulfonamides is 1. The molecule has 1 N–H and O–H groups in total. The average molecular weight is 492 g/mol. The second-order valence-electron chi connectivity index (χ2n) is 4.77. The molecule has 0 heterocycles. The zero-order valence-electron chi connectivity index (χ0n) is 13.5. The minimum atomic E-state index is -3.73. The summed E-state index contributed by atoms with van der Waals surface area (Å²) < 4.78 is 36.6. The van der Waals surface area contributed by atoms with E-state index in [0.29, 0.717) is 28.1 Å². The van der Waals surface area contributed by atoms with Gasteiger partial charge in [0.2, 0.25) is 0 Å². The molecule has 0 amide bonds. The highest BCUT2D eigenvalue weighted by molar-refractivity contribution is 9.10. The number of hydrogen-bond donors (Lipinski definition) is 1. The van der Waals surface area contributed by atoms with Gasteiger partial charge in [-0.05, 0) is 64.8 Å². The van der Waals surface area contributed by atoms with Crippen LogP contribution in [0.5, 0.6) is 11.5 Å². The molecule has 134 valence electrons. The van der Waals surface area contributed by atoms with Gasteiger partial charge >= 0.3 is 0 Å². The molecule has 9 heteroatoms. The maximum atomic E-state index is 12.2. The normalized spacial score (nSPS) is 11.5. The molecule has 25 heavy (non-hydrogen) atoms. The lowest BCUT2D eigenvalue weighted by atomic mass is 10.2. The lowest BCUT2D eigenvalue weighted by Crippen LogP contribution is -2.18. The first-order valence-corrected chi connectivity index (χ1v) is 10.2. The zero-order valence-corrected chi connectivity index (χ0v) is 17.5. The van der Waals surface area contributed by atoms with Crippen LogP contribution in [0, 0.1) is 0 Å². The molecule has 0 radical (unpaired) electrons. The van der Waals surface area contributed by atoms with E-state index in [4.69, 9.17) is 9.47 Å². The summed E-state index contributed by atoms with van der Waals surface area (Å²) in [5.41, 5.74) is 0.644. The van der Waals surface area contributed by atoms with E-state index in [-0.39, 0.29) is 4.90 Å². The van der Waals surface area contributed by atoms with Gasteiger partial charge in [0.1, 0.15) is 0 Å². The van der Waals surface area contributed by atoms with Crippen molar-refractivity contribution < 1.29 is 17.9 Å². The van der Waals surface area contributed by atoms with Crippen LogP contribution in [0.25, 0.3) is 0 Å². The Kier molecular flexibility index (Phi) is 6.86. The van der Waals surface area contributed by atoms with E-state index in [9.17, 15) is 8.42 Å². The molecule has 2 rings (SSSR count). The minimum Gasteiger partial charge on any atom is -0.493 e. The Morgan fingerprint density at radius 2 is 1.88 bits per heavy atom. The molecule has 0 saturated carbocycles. The van der Waals surface area contributed by atoms with Crippen molar-refractivity contribution in [1.82, 2.24) is 4.83 Å². The smallest absolute Gasteiger partial charge is 0.276 e. The standard InChI is InChI=1S/C16H16Br2N2O4S/c1-3-24-16-14(18)8-11(9-15(16)23-2)10-19-20-25(21,22)13-6-4-12(17)5-7-13/h4-10,20H,3H2,1-2H3. The molecule has 0 saturated heterocycles. The van der Waals surface area contributed by atoms with Crippen molar-refractivity contribution in [3.8, 4) is 11.5 Å². The van der Waals surface area contributed by atoms with Crippen molar-refractivity contribution in [2.45, 2.75) is 11.8 Å². The van der Waals surface area contributed by atoms with Gasteiger partial charge in [-0.25, -0.2) is 4.83 Å². The van der Waals surface area contributed by atoms with Crippen LogP contribution in [0.1, 0.15) is 12.5 Å². The Morgan fingerprint density at radius 1 is 1.20 bits per heavy atom. The van der Waals surface area contributed by atoms with Crippen LogP contribution in [-0.2, 0) is 10.0 Å². The monoisotopic (exact) mass is 490 g/mol. The summed E-state index contributed by atoms with van der Waals surface area (Å²) in [6.07, 6.45) is 1.39. The second kappa shape index (κ2) is 8.68. The van der Waals surface area contributed by atoms with E-state index in [1.165, 1.54) is 25.5 Å². The third kappa shape index (κ3) is 5.20. The first kappa shape index (κ1) is 19.7. The van der Waals surface area contributed by atoms with Crippen LogP contribution in [0.2, 0.25) is 0 Å². The number of hydrazone groups is 1. The summed E-state index contributed by atoms with van der Waals surface area (Å²) in [5, 5.41) is 3.81. The fourth-order valence-corrected chi connectivity index (χ4v) is 3.57. The Bertz CT molecular complexity index is 868. The van der Waals surface area contributed by atoms with Crippen LogP contribution in [-0.4, -0.2) is 28.3 Å². The van der Waals surface area contributed by atoms with E-state index in [2.05, 4.69) is 41.8 Å². The fraction of sp³-hybridized carbons (Fsp3) is 0.188. The van der Waals surface area contributed by atoms with Gasteiger partial charge in [-0.1, -0.05) is 15.9 Å². The molecule has 0 unspecified atom stereocenters. The summed E-state index contributed by atoms with van der Waals surface area (Å²) in [4.78, 5) is 2.30. The quantitative estimate of drug-likeness (QED) is 0.470. The second-order valence-corrected chi connectivity index (χ2v) is 8.20. The predicted octanol–water partition coefficient (Wildman–Crippen LogP) is 3.93. The molecule has 0 aromatic heterocycles. The molecule has 0 aliphatic heterocycles. The largest absolute Gasteiger partial charge is 0.493 e. The van der Waals surface area contributed by atoms with Crippen molar-refractivity contribution >= 4 is 48.1 Å². The van der Waals surface area contributed by atoms with Crippen molar-refractivity contribution in [1.29, 1.82) is 0 Å². The fourth-order valence-electron chi connectivity index (χ4n) is 1.94. The van der Waals surface area contributed by atoms with Crippen molar-refractivity contribution in [3.63, 3.8) is 0 Å². The summed E-state index contributed by atoms with van der Waals surface area (Å²) in [6, 6.07) is 9.72. The average Bonchev–Trinajstić information content (AvgIpc) is 2.57. The molecule has 0 fully saturated rings. The van der Waals surface area contributed by atoms with Crippen LogP contribution in [0.3, 0.4) is 0 Å². The number of rotatable bonds is 7. The SMILES string of the molecule is CCOc1c(Br)cc(C=NNS(=O)(=O)c2ccc(Br)cc2)cc1OC. The lowest BCUT2D eigenvalue weighted by Gasteiger charge is -2.12. The van der Waals surface area contributed by atoms with Gasteiger partial charge in [-0.2, -0.15) is 13.5 Å². The van der Waals surface area contributed by atoms with E-state index in [0.717, 1.165) is 4.47 Å². The summed E-state index contributed by atoms with van der Waals surface area (Å²) in [7, 11) is -2.20. The Labute approximate surface area is 163 Å². The third-order valence-corrected chi connectivity index (χ3v) is 5.41. The molecule has 0 atom stereocenters. The summed E-state index contributed by atoms with van der Waals surface area (Å²) >= 11 is 6.67. The third-order valence-electron chi connectivity index (χ3n) is 3.05. The van der Waals surface area contributed by atoms with Crippen LogP contribution in [0.4, 0.5) is 0 Å². The van der Waals surface area contributed by atoms with E-state index >= 15 is 0 Å². The van der Waals surface area contributed by atoms with Gasteiger partial charge in [0.05, 0.1) is 29.3 Å². The summed E-state index contributed by atoms with van der Waals surface area (Å²) in [5.74, 6) is 1.10. The minimum absolute atomic E-state index is 0.123. The molecule has 2 aromatic rings. The van der Waals surface area contributed by atoms with Gasteiger partial charge in [0.15, 0.2) is 11.5 Å². The molecular formula is C16H16Br2N2O4S. The van der Waals surface area contributed by atoms with Crippen LogP contribution < -0.4 is 14.3 Å². The molecule has 2 aromatic carbocycles. The van der Waals surface area contributed by atoms with Gasteiger partial charge in [0.25, 0.3) is 10.0 Å². The molecule has 0 aliphatic rings. The first-order chi connectivity index (χ1) is 11.9. The number of benzene rings is 2. The van der Waals surface area contributed by atoms with Crippen molar-refractivity contribution in [3.05, 3.63) is 50.9 Å². The first-order valence-electron chi connectivity index (χ1n) is 7.18. The number of ether oxygens (including phenoxy) is 2. The highest BCUT2D eigenvalue weighted by Gasteiger charge is 2.13. The Hall–Kier alpha value is -1.58. The number of methoxy groups -OCH3 is 1. The van der Waals surface area contributed by atoms with Crippen LogP contribution >= 0.6 is 31.9 Å². The maximum Gasteiger partial charge on any atom is 0.276 e. The predicted molar refractivity (Wildman–Crippen MR) is 104 cm³/mol. The highest BCUT2D eigenvalue weighted by atomic mass is 79.9. The molecule has 0 aliphatic carbocycles. The summed E-state index contributed by atoms with van der Waals surface area (Å²) in [6.45, 7) is 2.37. The van der Waals surface area contributed by atoms with Crippen molar-refractivity contribution in [2.75, 3.05) is 13.7 Å². The van der Waals surface area contributed by atoms with E-state index < -0.39 is 10.0 Å². The van der Waals surface area contributed by atoms with Gasteiger partial charge in [-0.15, -0.1) is 0 Å². The lowest BCUT2D eigenvalue weighted by molar-refractivity contribution is 0.309. The van der Waals surface area contributed by atoms with Gasteiger partial charge in [0, 0.05) is 4.47 Å². The number of nitrogens with one attached hydrogen (secondary N) is 1. The topological polar surface area (TPSA) is 77.0 Å². The molecule has 0 spiro atoms. The Balaban J connectivity index is 2.19. The molecular weight excluding hydrogens is 476 g/mol. The van der Waals surface area contributed by atoms with E-state index in [1.807, 2.05) is 6.92 Å². The highest BCUT2D eigenvalue weighted by Crippen LogP contribution is 2.36. The van der Waals surface area contributed by atoms with Gasteiger partial charge in [-0.3, -0.25) is 0 Å². The maximum absolute atomic E-state index is 12.2. The van der Waals surface area contributed by atoms with Crippen molar-refractivity contribution in [2.24, 2.45) is 5.10 Å². The van der Waals surface area contributed by atoms with Gasteiger partial charge < -0.3 is 9.47 Å². The number of nitrogens with zero attached hydrogens (tertiary/aromatic N) is 1. The number of halogens is 2. The molecule has 6 nitrogen and oxygen atoms in total. The molecule has 0 bridgehead atoms. The Morgan fingerprint density at radius 3 is 2.48 bits per heavy atom. The van der Waals surface area contributed by atoms with Crippen LogP contribution in [0.15, 0.2) is 55.3 Å². The number of hydrogen-bond acceptors (Lipinski definition) is 5.